The zero-order valence-corrected chi connectivity index (χ0v) is 16.7. The molecule has 0 aromatic heterocycles. The van der Waals surface area contributed by atoms with Crippen molar-refractivity contribution in [1.82, 2.24) is 0 Å². The van der Waals surface area contributed by atoms with Crippen LogP contribution in [0.3, 0.4) is 0 Å². The van der Waals surface area contributed by atoms with E-state index in [1.807, 2.05) is 0 Å². The van der Waals surface area contributed by atoms with Gasteiger partial charge in [-0.2, -0.15) is 0 Å². The first-order valence-corrected chi connectivity index (χ1v) is 13.0. The average molecular weight is 500 g/mol. The molecule has 0 aromatic carbocycles. The standard InChI is InChI=1S/3C6H9O.Bi/c3*7-6-4-2-1-3-5-6;/h3*2,4,6H,1,3,5H2;/q3*-1;+3. The molecule has 3 rings (SSSR count). The fourth-order valence-corrected chi connectivity index (χ4v) is 8.22. The summed E-state index contributed by atoms with van der Waals surface area (Å²) in [6.07, 6.45) is 24.4. The first kappa shape index (κ1) is 16.8. The summed E-state index contributed by atoms with van der Waals surface area (Å²) in [6.45, 7) is 0. The summed E-state index contributed by atoms with van der Waals surface area (Å²) in [5.74, 6) is 0. The summed E-state index contributed by atoms with van der Waals surface area (Å²) in [6, 6.07) is 0. The molecule has 0 aromatic rings. The third kappa shape index (κ3) is 5.56. The molecule has 0 bridgehead atoms. The van der Waals surface area contributed by atoms with Gasteiger partial charge in [0.1, 0.15) is 0 Å². The van der Waals surface area contributed by atoms with Gasteiger partial charge in [0, 0.05) is 0 Å². The molecule has 0 spiro atoms. The van der Waals surface area contributed by atoms with Crippen LogP contribution >= 0.6 is 0 Å². The van der Waals surface area contributed by atoms with E-state index in [4.69, 9.17) is 8.44 Å². The van der Waals surface area contributed by atoms with Crippen molar-refractivity contribution in [3.05, 3.63) is 36.5 Å². The van der Waals surface area contributed by atoms with E-state index in [1.165, 1.54) is 38.5 Å². The van der Waals surface area contributed by atoms with Gasteiger partial charge in [0.05, 0.1) is 0 Å². The van der Waals surface area contributed by atoms with E-state index >= 15 is 0 Å². The van der Waals surface area contributed by atoms with Crippen LogP contribution in [0.25, 0.3) is 0 Å². The Morgan fingerprint density at radius 2 is 0.955 bits per heavy atom. The Morgan fingerprint density at radius 3 is 1.23 bits per heavy atom. The van der Waals surface area contributed by atoms with Crippen molar-refractivity contribution in [3.63, 3.8) is 0 Å². The Kier molecular flexibility index (Phi) is 7.13. The molecule has 0 aliphatic heterocycles. The molecular weight excluding hydrogens is 473 g/mol. The summed E-state index contributed by atoms with van der Waals surface area (Å²) in [7, 11) is 0. The van der Waals surface area contributed by atoms with Gasteiger partial charge >= 0.3 is 144 Å². The Morgan fingerprint density at radius 1 is 0.591 bits per heavy atom. The average Bonchev–Trinajstić information content (AvgIpc) is 2.57. The molecule has 0 amide bonds. The molecule has 0 N–H and O–H groups in total. The van der Waals surface area contributed by atoms with Crippen molar-refractivity contribution in [2.24, 2.45) is 0 Å². The number of allylic oxidation sites excluding steroid dienone is 3. The molecule has 122 valence electrons. The fourth-order valence-electron chi connectivity index (χ4n) is 3.01. The monoisotopic (exact) mass is 500 g/mol. The van der Waals surface area contributed by atoms with Crippen molar-refractivity contribution in [1.29, 1.82) is 0 Å². The third-order valence-electron chi connectivity index (χ3n) is 4.29. The van der Waals surface area contributed by atoms with Crippen molar-refractivity contribution in [2.75, 3.05) is 0 Å². The van der Waals surface area contributed by atoms with Crippen LogP contribution in [0.5, 0.6) is 0 Å². The Balaban J connectivity index is 1.58. The predicted octanol–water partition coefficient (Wildman–Crippen LogP) is 4.35. The molecule has 3 aliphatic carbocycles. The molecule has 22 heavy (non-hydrogen) atoms. The summed E-state index contributed by atoms with van der Waals surface area (Å²) < 4.78 is 18.9. The summed E-state index contributed by atoms with van der Waals surface area (Å²) >= 11 is -2.83. The normalized spacial score (nSPS) is 31.8. The van der Waals surface area contributed by atoms with Crippen molar-refractivity contribution >= 4 is 23.1 Å². The van der Waals surface area contributed by atoms with Crippen molar-refractivity contribution in [3.8, 4) is 0 Å². The van der Waals surface area contributed by atoms with E-state index in [0.717, 1.165) is 19.3 Å². The molecule has 0 saturated heterocycles. The Labute approximate surface area is 143 Å². The van der Waals surface area contributed by atoms with Gasteiger partial charge in [0.25, 0.3) is 0 Å². The van der Waals surface area contributed by atoms with Gasteiger partial charge in [-0.25, -0.2) is 0 Å². The maximum atomic E-state index is 6.30. The molecular formula is C18H27BiO3. The van der Waals surface area contributed by atoms with Crippen LogP contribution in [-0.2, 0) is 8.44 Å². The van der Waals surface area contributed by atoms with Crippen LogP contribution < -0.4 is 0 Å². The quantitative estimate of drug-likeness (QED) is 0.401. The second-order valence-corrected chi connectivity index (χ2v) is 10.4. The Bertz CT molecular complexity index is 357. The molecule has 3 nitrogen and oxygen atoms in total. The molecule has 0 radical (unpaired) electrons. The number of hydrogen-bond donors (Lipinski definition) is 0. The molecule has 0 heterocycles. The van der Waals surface area contributed by atoms with Crippen molar-refractivity contribution < 1.29 is 8.44 Å². The minimum absolute atomic E-state index is 0.215. The van der Waals surface area contributed by atoms with E-state index in [9.17, 15) is 0 Å². The summed E-state index contributed by atoms with van der Waals surface area (Å²) in [5.41, 5.74) is 0. The van der Waals surface area contributed by atoms with Crippen LogP contribution in [0, 0.1) is 0 Å². The molecule has 4 heteroatoms. The van der Waals surface area contributed by atoms with Crippen molar-refractivity contribution in [2.45, 2.75) is 76.1 Å². The van der Waals surface area contributed by atoms with Crippen LogP contribution in [-0.4, -0.2) is 41.4 Å². The zero-order chi connectivity index (χ0) is 15.0. The van der Waals surface area contributed by atoms with Gasteiger partial charge in [0.15, 0.2) is 0 Å². The van der Waals surface area contributed by atoms with Crippen LogP contribution in [0.1, 0.15) is 57.8 Å². The van der Waals surface area contributed by atoms with E-state index in [0.29, 0.717) is 0 Å². The second-order valence-electron chi connectivity index (χ2n) is 6.23. The van der Waals surface area contributed by atoms with Gasteiger partial charge in [-0.05, 0) is 0 Å². The van der Waals surface area contributed by atoms with E-state index < -0.39 is 23.1 Å². The third-order valence-corrected chi connectivity index (χ3v) is 9.46. The molecule has 3 atom stereocenters. The van der Waals surface area contributed by atoms with E-state index in [2.05, 4.69) is 36.5 Å². The summed E-state index contributed by atoms with van der Waals surface area (Å²) in [4.78, 5) is 0. The SMILES string of the molecule is C1=CC([O][Bi]([O]C2C=CCCC2)[O]C2C=CCCC2)CCC1. The van der Waals surface area contributed by atoms with E-state index in [1.54, 1.807) is 0 Å². The van der Waals surface area contributed by atoms with Gasteiger partial charge in [0.2, 0.25) is 0 Å². The van der Waals surface area contributed by atoms with Crippen LogP contribution in [0.2, 0.25) is 0 Å². The maximum absolute atomic E-state index is 6.30. The Hall–Kier alpha value is -0.0169. The first-order valence-electron chi connectivity index (χ1n) is 8.70. The van der Waals surface area contributed by atoms with Crippen LogP contribution in [0.4, 0.5) is 0 Å². The molecule has 3 aliphatic rings. The number of rotatable bonds is 6. The second kappa shape index (κ2) is 9.32. The topological polar surface area (TPSA) is 27.7 Å². The van der Waals surface area contributed by atoms with Gasteiger partial charge < -0.3 is 0 Å². The molecule has 0 fully saturated rings. The first-order chi connectivity index (χ1) is 10.9. The fraction of sp³-hybridized carbons (Fsp3) is 0.667. The molecule has 3 unspecified atom stereocenters. The zero-order valence-electron chi connectivity index (χ0n) is 13.2. The minimum atomic E-state index is -2.83. The van der Waals surface area contributed by atoms with Gasteiger partial charge in [-0.15, -0.1) is 0 Å². The number of hydrogen-bond acceptors (Lipinski definition) is 3. The van der Waals surface area contributed by atoms with E-state index in [-0.39, 0.29) is 18.3 Å². The van der Waals surface area contributed by atoms with Gasteiger partial charge in [-0.3, -0.25) is 0 Å². The molecule has 0 saturated carbocycles. The van der Waals surface area contributed by atoms with Gasteiger partial charge in [-0.1, -0.05) is 0 Å². The predicted molar refractivity (Wildman–Crippen MR) is 89.3 cm³/mol. The van der Waals surface area contributed by atoms with Crippen LogP contribution in [0.15, 0.2) is 36.5 Å². The summed E-state index contributed by atoms with van der Waals surface area (Å²) in [5, 5.41) is 0.